The molecule has 10 heteroatoms. The molecule has 2 rings (SSSR count). The number of esters is 2. The zero-order valence-electron chi connectivity index (χ0n) is 19.1. The van der Waals surface area contributed by atoms with Crippen LogP contribution in [0.1, 0.15) is 46.1 Å². The van der Waals surface area contributed by atoms with E-state index in [1.807, 2.05) is 0 Å². The normalized spacial score (nSPS) is 25.2. The number of ketones is 1. The fourth-order valence-corrected chi connectivity index (χ4v) is 3.02. The molecule has 1 aromatic carbocycles. The van der Waals surface area contributed by atoms with Gasteiger partial charge in [-0.15, -0.1) is 0 Å². The summed E-state index contributed by atoms with van der Waals surface area (Å²) in [5.74, 6) is -3.30. The molecule has 1 aliphatic heterocycles. The lowest BCUT2D eigenvalue weighted by atomic mass is 9.95. The first-order chi connectivity index (χ1) is 15.4. The highest BCUT2D eigenvalue weighted by Gasteiger charge is 2.53. The van der Waals surface area contributed by atoms with Crippen LogP contribution in [0.25, 0.3) is 0 Å². The lowest BCUT2D eigenvalue weighted by Gasteiger charge is -2.42. The Balaban J connectivity index is 2.35. The van der Waals surface area contributed by atoms with Gasteiger partial charge in [0.15, 0.2) is 24.6 Å². The maximum Gasteiger partial charge on any atom is 0.336 e. The molecular formula is C23H30O10. The second-order valence-corrected chi connectivity index (χ2v) is 8.82. The van der Waals surface area contributed by atoms with E-state index in [2.05, 4.69) is 0 Å². The average molecular weight is 466 g/mol. The first-order valence-electron chi connectivity index (χ1n) is 10.5. The van der Waals surface area contributed by atoms with Gasteiger partial charge < -0.3 is 34.0 Å². The second kappa shape index (κ2) is 11.4. The monoisotopic (exact) mass is 466 g/mol. The Hall–Kier alpha value is -2.82. The molecule has 1 saturated heterocycles. The van der Waals surface area contributed by atoms with Gasteiger partial charge in [0.2, 0.25) is 0 Å². The Morgan fingerprint density at radius 2 is 1.61 bits per heavy atom. The quantitative estimate of drug-likeness (QED) is 0.515. The molecule has 1 aliphatic rings. The molecule has 10 nitrogen and oxygen atoms in total. The summed E-state index contributed by atoms with van der Waals surface area (Å²) in [5, 5.41) is 20.1. The van der Waals surface area contributed by atoms with Gasteiger partial charge in [-0.1, -0.05) is 30.3 Å². The third-order valence-electron chi connectivity index (χ3n) is 4.85. The Labute approximate surface area is 191 Å². The van der Waals surface area contributed by atoms with E-state index < -0.39 is 54.0 Å². The van der Waals surface area contributed by atoms with Crippen LogP contribution in [0, 0.1) is 5.41 Å². The smallest absolute Gasteiger partial charge is 0.336 e. The highest BCUT2D eigenvalue weighted by Crippen LogP contribution is 2.30. The van der Waals surface area contributed by atoms with Crippen molar-refractivity contribution in [3.8, 4) is 0 Å². The summed E-state index contributed by atoms with van der Waals surface area (Å²) < 4.78 is 21.8. The van der Waals surface area contributed by atoms with Gasteiger partial charge in [-0.3, -0.25) is 9.59 Å². The van der Waals surface area contributed by atoms with Crippen LogP contribution in [0.3, 0.4) is 0 Å². The topological polar surface area (TPSA) is 146 Å². The second-order valence-electron chi connectivity index (χ2n) is 8.82. The molecule has 0 unspecified atom stereocenters. The van der Waals surface area contributed by atoms with Crippen molar-refractivity contribution in [2.75, 3.05) is 0 Å². The standard InChI is InChI=1S/C23H30O10/c1-13(24)10-11-15(25)31-17-16(30-12-14-8-6-5-7-9-14)19(33-22(29)23(2,3)4)21(28)32-18(17)20(26)27/h5-9,16-19,21,28H,10-12H2,1-4H3,(H,26,27)/t16-,17-,18-,19+,21+/m0/s1. The Morgan fingerprint density at radius 3 is 2.15 bits per heavy atom. The van der Waals surface area contributed by atoms with Crippen molar-refractivity contribution in [2.24, 2.45) is 5.41 Å². The molecule has 0 radical (unpaired) electrons. The Kier molecular flexibility index (Phi) is 9.09. The van der Waals surface area contributed by atoms with Gasteiger partial charge in [0.25, 0.3) is 0 Å². The van der Waals surface area contributed by atoms with E-state index in [9.17, 15) is 29.4 Å². The molecule has 0 bridgehead atoms. The molecular weight excluding hydrogens is 436 g/mol. The summed E-state index contributed by atoms with van der Waals surface area (Å²) in [7, 11) is 0. The molecule has 0 amide bonds. The molecule has 0 aromatic heterocycles. The summed E-state index contributed by atoms with van der Waals surface area (Å²) in [6.45, 7) is 6.07. The third-order valence-corrected chi connectivity index (χ3v) is 4.85. The fourth-order valence-electron chi connectivity index (χ4n) is 3.02. The van der Waals surface area contributed by atoms with E-state index in [0.717, 1.165) is 0 Å². The molecule has 1 heterocycles. The summed E-state index contributed by atoms with van der Waals surface area (Å²) >= 11 is 0. The highest BCUT2D eigenvalue weighted by molar-refractivity contribution is 5.81. The minimum absolute atomic E-state index is 0.0460. The number of aliphatic hydroxyl groups is 1. The van der Waals surface area contributed by atoms with Crippen LogP contribution in [0.15, 0.2) is 30.3 Å². The molecule has 182 valence electrons. The first kappa shape index (κ1) is 26.4. The third kappa shape index (κ3) is 7.62. The number of carboxylic acid groups (broad SMARTS) is 1. The summed E-state index contributed by atoms with van der Waals surface area (Å²) in [4.78, 5) is 47.9. The number of carboxylic acids is 1. The first-order valence-corrected chi connectivity index (χ1v) is 10.5. The SMILES string of the molecule is CC(=O)CCC(=O)O[C@H]1[C@H](OCc2ccccc2)[C@@H](OC(=O)C(C)(C)C)[C@H](O)O[C@@H]1C(=O)O. The highest BCUT2D eigenvalue weighted by atomic mass is 16.7. The van der Waals surface area contributed by atoms with Crippen molar-refractivity contribution in [3.63, 3.8) is 0 Å². The fraction of sp³-hybridized carbons (Fsp3) is 0.565. The largest absolute Gasteiger partial charge is 0.479 e. The number of aliphatic hydroxyl groups excluding tert-OH is 1. The van der Waals surface area contributed by atoms with E-state index >= 15 is 0 Å². The van der Waals surface area contributed by atoms with E-state index in [0.29, 0.717) is 5.56 Å². The zero-order chi connectivity index (χ0) is 24.8. The molecule has 33 heavy (non-hydrogen) atoms. The van der Waals surface area contributed by atoms with Crippen LogP contribution in [0.5, 0.6) is 0 Å². The Bertz CT molecular complexity index is 845. The van der Waals surface area contributed by atoms with E-state index in [4.69, 9.17) is 18.9 Å². The van der Waals surface area contributed by atoms with Crippen LogP contribution in [-0.2, 0) is 44.7 Å². The van der Waals surface area contributed by atoms with E-state index in [1.54, 1.807) is 51.1 Å². The average Bonchev–Trinajstić information content (AvgIpc) is 2.73. The number of carbonyl (C=O) groups is 4. The summed E-state index contributed by atoms with van der Waals surface area (Å²) in [5.41, 5.74) is -0.228. The van der Waals surface area contributed by atoms with Crippen molar-refractivity contribution in [3.05, 3.63) is 35.9 Å². The number of aliphatic carboxylic acids is 1. The maximum atomic E-state index is 12.5. The van der Waals surface area contributed by atoms with Crippen molar-refractivity contribution in [1.82, 2.24) is 0 Å². The molecule has 1 fully saturated rings. The molecule has 0 aliphatic carbocycles. The lowest BCUT2D eigenvalue weighted by Crippen LogP contribution is -2.63. The van der Waals surface area contributed by atoms with Crippen LogP contribution < -0.4 is 0 Å². The van der Waals surface area contributed by atoms with Crippen molar-refractivity contribution < 1.29 is 48.3 Å². The molecule has 5 atom stereocenters. The van der Waals surface area contributed by atoms with Gasteiger partial charge in [-0.05, 0) is 33.3 Å². The van der Waals surface area contributed by atoms with Crippen molar-refractivity contribution >= 4 is 23.7 Å². The van der Waals surface area contributed by atoms with Crippen LogP contribution >= 0.6 is 0 Å². The summed E-state index contributed by atoms with van der Waals surface area (Å²) in [6, 6.07) is 8.86. The number of hydrogen-bond acceptors (Lipinski definition) is 9. The van der Waals surface area contributed by atoms with Gasteiger partial charge in [-0.2, -0.15) is 0 Å². The lowest BCUT2D eigenvalue weighted by molar-refractivity contribution is -0.297. The minimum Gasteiger partial charge on any atom is -0.479 e. The van der Waals surface area contributed by atoms with Crippen LogP contribution in [0.2, 0.25) is 0 Å². The minimum atomic E-state index is -1.84. The number of ether oxygens (including phenoxy) is 4. The van der Waals surface area contributed by atoms with Crippen molar-refractivity contribution in [1.29, 1.82) is 0 Å². The summed E-state index contributed by atoms with van der Waals surface area (Å²) in [6.07, 6.45) is -8.38. The van der Waals surface area contributed by atoms with Gasteiger partial charge in [0, 0.05) is 6.42 Å². The number of hydrogen-bond donors (Lipinski definition) is 2. The van der Waals surface area contributed by atoms with Crippen molar-refractivity contribution in [2.45, 2.75) is 77.8 Å². The molecule has 0 spiro atoms. The van der Waals surface area contributed by atoms with E-state index in [1.165, 1.54) is 6.92 Å². The number of Topliss-reactive ketones (excluding diaryl/α,β-unsaturated/α-hetero) is 1. The van der Waals surface area contributed by atoms with E-state index in [-0.39, 0.29) is 25.2 Å². The maximum absolute atomic E-state index is 12.5. The molecule has 0 saturated carbocycles. The zero-order valence-corrected chi connectivity index (χ0v) is 19.1. The number of rotatable bonds is 9. The predicted octanol–water partition coefficient (Wildman–Crippen LogP) is 1.61. The molecule has 1 aromatic rings. The molecule has 2 N–H and O–H groups in total. The number of carbonyl (C=O) groups excluding carboxylic acids is 3. The van der Waals surface area contributed by atoms with Crippen LogP contribution in [0.4, 0.5) is 0 Å². The van der Waals surface area contributed by atoms with Gasteiger partial charge in [0.05, 0.1) is 18.4 Å². The van der Waals surface area contributed by atoms with Gasteiger partial charge in [0.1, 0.15) is 11.9 Å². The van der Waals surface area contributed by atoms with Gasteiger partial charge >= 0.3 is 17.9 Å². The van der Waals surface area contributed by atoms with Gasteiger partial charge in [-0.25, -0.2) is 4.79 Å². The Morgan fingerprint density at radius 1 is 0.970 bits per heavy atom. The number of benzene rings is 1. The van der Waals surface area contributed by atoms with Crippen LogP contribution in [-0.4, -0.2) is 64.6 Å². The predicted molar refractivity (Wildman–Crippen MR) is 113 cm³/mol.